The first-order valence-electron chi connectivity index (χ1n) is 9.01. The van der Waals surface area contributed by atoms with Crippen LogP contribution in [-0.4, -0.2) is 69.5 Å². The number of carbonyl (C=O) groups is 1. The van der Waals surface area contributed by atoms with Gasteiger partial charge >= 0.3 is 6.09 Å². The fourth-order valence-electron chi connectivity index (χ4n) is 2.27. The van der Waals surface area contributed by atoms with Gasteiger partial charge in [0.25, 0.3) is 0 Å². The van der Waals surface area contributed by atoms with Crippen LogP contribution in [0.2, 0.25) is 0 Å². The molecule has 0 heterocycles. The number of methoxy groups -OCH3 is 1. The Morgan fingerprint density at radius 3 is 2.40 bits per heavy atom. The number of aliphatic imine (C=N–C) groups is 1. The average Bonchev–Trinajstić information content (AvgIpc) is 2.49. The van der Waals surface area contributed by atoms with Crippen molar-refractivity contribution in [2.45, 2.75) is 59.1 Å². The number of nitrogens with one attached hydrogen (secondary N) is 2. The van der Waals surface area contributed by atoms with Crippen molar-refractivity contribution in [1.29, 1.82) is 0 Å². The molecule has 7 heteroatoms. The highest BCUT2D eigenvalue weighted by Gasteiger charge is 2.22. The van der Waals surface area contributed by atoms with Gasteiger partial charge in [0.05, 0.1) is 0 Å². The van der Waals surface area contributed by atoms with E-state index >= 15 is 0 Å². The van der Waals surface area contributed by atoms with Gasteiger partial charge in [-0.15, -0.1) is 0 Å². The number of carbonyl (C=O) groups excluding carboxylic acids is 1. The van der Waals surface area contributed by atoms with E-state index < -0.39 is 5.60 Å². The first kappa shape index (κ1) is 23.5. The van der Waals surface area contributed by atoms with Gasteiger partial charge in [0.1, 0.15) is 5.60 Å². The number of nitrogens with zero attached hydrogens (tertiary/aromatic N) is 2. The number of hydrogen-bond donors (Lipinski definition) is 2. The molecule has 0 bridgehead atoms. The normalized spacial score (nSPS) is 13.6. The Morgan fingerprint density at radius 1 is 1.28 bits per heavy atom. The summed E-state index contributed by atoms with van der Waals surface area (Å²) in [7, 11) is 5.47. The van der Waals surface area contributed by atoms with Crippen molar-refractivity contribution >= 4 is 12.1 Å². The number of hydrogen-bond acceptors (Lipinski definition) is 4. The molecule has 1 atom stereocenters. The summed E-state index contributed by atoms with van der Waals surface area (Å²) in [5, 5.41) is 6.29. The van der Waals surface area contributed by atoms with E-state index in [-0.39, 0.29) is 12.1 Å². The second-order valence-corrected chi connectivity index (χ2v) is 7.53. The van der Waals surface area contributed by atoms with Crippen molar-refractivity contribution < 1.29 is 14.3 Å². The Labute approximate surface area is 153 Å². The van der Waals surface area contributed by atoms with Crippen LogP contribution in [0.4, 0.5) is 4.79 Å². The van der Waals surface area contributed by atoms with Crippen LogP contribution in [0, 0.1) is 5.92 Å². The van der Waals surface area contributed by atoms with Crippen molar-refractivity contribution in [2.24, 2.45) is 10.9 Å². The number of guanidine groups is 1. The van der Waals surface area contributed by atoms with Crippen molar-refractivity contribution in [2.75, 3.05) is 40.9 Å². The lowest BCUT2D eigenvalue weighted by molar-refractivity contribution is 0.0486. The van der Waals surface area contributed by atoms with E-state index in [9.17, 15) is 4.79 Å². The molecule has 0 saturated carbocycles. The van der Waals surface area contributed by atoms with Crippen molar-refractivity contribution in [1.82, 2.24) is 15.5 Å². The molecule has 0 rings (SSSR count). The standard InChI is InChI=1S/C18H38N4O3/c1-14(2)15(21-17(23)25-18(3,4)5)10-12-22(7)16(19-6)20-11-9-13-24-8/h14-15H,9-13H2,1-8H3,(H,19,20)(H,21,23). The molecule has 1 amide bonds. The van der Waals surface area contributed by atoms with Gasteiger partial charge in [0.15, 0.2) is 5.96 Å². The van der Waals surface area contributed by atoms with Crippen LogP contribution in [0.1, 0.15) is 47.5 Å². The summed E-state index contributed by atoms with van der Waals surface area (Å²) in [6.45, 7) is 12.1. The molecular formula is C18H38N4O3. The number of amides is 1. The third-order valence-electron chi connectivity index (χ3n) is 3.66. The van der Waals surface area contributed by atoms with Crippen LogP contribution >= 0.6 is 0 Å². The summed E-state index contributed by atoms with van der Waals surface area (Å²) in [5.74, 6) is 1.16. The second kappa shape index (κ2) is 12.0. The summed E-state index contributed by atoms with van der Waals surface area (Å²) in [6, 6.07) is 0.0453. The molecule has 1 unspecified atom stereocenters. The quantitative estimate of drug-likeness (QED) is 0.376. The molecule has 0 aromatic carbocycles. The Balaban J connectivity index is 4.46. The zero-order valence-electron chi connectivity index (χ0n) is 17.3. The molecule has 2 N–H and O–H groups in total. The van der Waals surface area contributed by atoms with Crippen molar-refractivity contribution in [3.63, 3.8) is 0 Å². The summed E-state index contributed by atoms with van der Waals surface area (Å²) in [5.41, 5.74) is -0.490. The highest BCUT2D eigenvalue weighted by Crippen LogP contribution is 2.11. The fraction of sp³-hybridized carbons (Fsp3) is 0.889. The molecule has 0 aliphatic carbocycles. The lowest BCUT2D eigenvalue weighted by Crippen LogP contribution is -2.45. The molecule has 0 radical (unpaired) electrons. The molecule has 0 aromatic rings. The summed E-state index contributed by atoms with van der Waals surface area (Å²) < 4.78 is 10.4. The molecule has 7 nitrogen and oxygen atoms in total. The third-order valence-corrected chi connectivity index (χ3v) is 3.66. The van der Waals surface area contributed by atoms with E-state index in [2.05, 4.69) is 34.4 Å². The van der Waals surface area contributed by atoms with Crippen LogP contribution in [-0.2, 0) is 9.47 Å². The van der Waals surface area contributed by atoms with Gasteiger partial charge in [-0.2, -0.15) is 0 Å². The molecule has 25 heavy (non-hydrogen) atoms. The maximum Gasteiger partial charge on any atom is 0.407 e. The van der Waals surface area contributed by atoms with E-state index in [0.717, 1.165) is 38.5 Å². The Hall–Kier alpha value is -1.50. The third kappa shape index (κ3) is 11.6. The predicted octanol–water partition coefficient (Wildman–Crippen LogP) is 2.47. The van der Waals surface area contributed by atoms with Gasteiger partial charge < -0.3 is 25.0 Å². The molecular weight excluding hydrogens is 320 g/mol. The second-order valence-electron chi connectivity index (χ2n) is 7.53. The first-order valence-corrected chi connectivity index (χ1v) is 9.01. The summed E-state index contributed by atoms with van der Waals surface area (Å²) in [6.07, 6.45) is 1.38. The zero-order valence-corrected chi connectivity index (χ0v) is 17.3. The van der Waals surface area contributed by atoms with Crippen molar-refractivity contribution in [3.8, 4) is 0 Å². The van der Waals surface area contributed by atoms with E-state index in [0.29, 0.717) is 5.92 Å². The smallest absolute Gasteiger partial charge is 0.407 e. The lowest BCUT2D eigenvalue weighted by atomic mass is 10.0. The predicted molar refractivity (Wildman–Crippen MR) is 103 cm³/mol. The molecule has 0 aliphatic heterocycles. The van der Waals surface area contributed by atoms with E-state index in [4.69, 9.17) is 9.47 Å². The SMILES string of the molecule is CN=C(NCCCOC)N(C)CCC(NC(=O)OC(C)(C)C)C(C)C. The first-order chi connectivity index (χ1) is 11.6. The van der Waals surface area contributed by atoms with Crippen LogP contribution in [0.3, 0.4) is 0 Å². The van der Waals surface area contributed by atoms with E-state index in [1.54, 1.807) is 14.2 Å². The maximum atomic E-state index is 12.0. The summed E-state index contributed by atoms with van der Waals surface area (Å²) in [4.78, 5) is 18.4. The topological polar surface area (TPSA) is 75.2 Å². The monoisotopic (exact) mass is 358 g/mol. The van der Waals surface area contributed by atoms with Crippen molar-refractivity contribution in [3.05, 3.63) is 0 Å². The number of ether oxygens (including phenoxy) is 2. The Bertz CT molecular complexity index is 406. The molecule has 0 fully saturated rings. The Morgan fingerprint density at radius 2 is 1.92 bits per heavy atom. The number of alkyl carbamates (subject to hydrolysis) is 1. The highest BCUT2D eigenvalue weighted by molar-refractivity contribution is 5.79. The summed E-state index contributed by atoms with van der Waals surface area (Å²) >= 11 is 0. The minimum Gasteiger partial charge on any atom is -0.444 e. The van der Waals surface area contributed by atoms with Gasteiger partial charge in [0, 0.05) is 46.9 Å². The minimum absolute atomic E-state index is 0.0453. The largest absolute Gasteiger partial charge is 0.444 e. The van der Waals surface area contributed by atoms with Gasteiger partial charge in [-0.1, -0.05) is 13.8 Å². The molecule has 0 spiro atoms. The van der Waals surface area contributed by atoms with Gasteiger partial charge in [-0.25, -0.2) is 4.79 Å². The van der Waals surface area contributed by atoms with E-state index in [1.165, 1.54) is 0 Å². The van der Waals surface area contributed by atoms with Gasteiger partial charge in [-0.05, 0) is 39.5 Å². The van der Waals surface area contributed by atoms with Crippen LogP contribution < -0.4 is 10.6 Å². The molecule has 0 saturated heterocycles. The highest BCUT2D eigenvalue weighted by atomic mass is 16.6. The minimum atomic E-state index is -0.490. The lowest BCUT2D eigenvalue weighted by Gasteiger charge is -2.28. The molecule has 148 valence electrons. The molecule has 0 aromatic heterocycles. The maximum absolute atomic E-state index is 12.0. The van der Waals surface area contributed by atoms with E-state index in [1.807, 2.05) is 27.8 Å². The number of rotatable bonds is 9. The van der Waals surface area contributed by atoms with Crippen LogP contribution in [0.15, 0.2) is 4.99 Å². The average molecular weight is 359 g/mol. The zero-order chi connectivity index (χ0) is 19.5. The van der Waals surface area contributed by atoms with Gasteiger partial charge in [-0.3, -0.25) is 4.99 Å². The molecule has 0 aliphatic rings. The fourth-order valence-corrected chi connectivity index (χ4v) is 2.27. The van der Waals surface area contributed by atoms with Gasteiger partial charge in [0.2, 0.25) is 0 Å². The van der Waals surface area contributed by atoms with Crippen LogP contribution in [0.25, 0.3) is 0 Å². The van der Waals surface area contributed by atoms with Crippen LogP contribution in [0.5, 0.6) is 0 Å². The Kier molecular flexibility index (Phi) is 11.2.